The standard InChI is InChI=1S/C9H12IN3O/c10-7-4-12-3-6(9(7)11)8-5-14-2-1-13-8/h3-4,8,13H,1-2,5H2,(H2,11,12)/t8-/m1/s1. The van der Waals surface area contributed by atoms with Crippen LogP contribution in [0.1, 0.15) is 11.6 Å². The van der Waals surface area contributed by atoms with E-state index in [4.69, 9.17) is 10.5 Å². The van der Waals surface area contributed by atoms with Gasteiger partial charge in [0, 0.05) is 24.5 Å². The molecule has 2 heterocycles. The maximum atomic E-state index is 5.97. The zero-order chi connectivity index (χ0) is 9.97. The smallest absolute Gasteiger partial charge is 0.0663 e. The lowest BCUT2D eigenvalue weighted by Gasteiger charge is -2.25. The van der Waals surface area contributed by atoms with Gasteiger partial charge in [0.25, 0.3) is 0 Å². The number of aromatic nitrogens is 1. The molecule has 0 spiro atoms. The minimum Gasteiger partial charge on any atom is -0.398 e. The van der Waals surface area contributed by atoms with E-state index in [1.165, 1.54) is 0 Å². The molecular weight excluding hydrogens is 293 g/mol. The van der Waals surface area contributed by atoms with Crippen LogP contribution in [0.2, 0.25) is 0 Å². The lowest BCUT2D eigenvalue weighted by Crippen LogP contribution is -2.35. The van der Waals surface area contributed by atoms with Crippen LogP contribution in [0.15, 0.2) is 12.4 Å². The molecule has 76 valence electrons. The van der Waals surface area contributed by atoms with Crippen molar-refractivity contribution in [3.63, 3.8) is 0 Å². The Hall–Kier alpha value is -0.400. The van der Waals surface area contributed by atoms with E-state index in [0.29, 0.717) is 6.61 Å². The molecule has 1 aromatic heterocycles. The van der Waals surface area contributed by atoms with Gasteiger partial charge in [-0.1, -0.05) is 0 Å². The van der Waals surface area contributed by atoms with Crippen molar-refractivity contribution in [3.8, 4) is 0 Å². The van der Waals surface area contributed by atoms with Crippen LogP contribution in [0, 0.1) is 3.57 Å². The Bertz CT molecular complexity index is 326. The topological polar surface area (TPSA) is 60.2 Å². The van der Waals surface area contributed by atoms with Crippen molar-refractivity contribution < 1.29 is 4.74 Å². The molecule has 1 aliphatic heterocycles. The lowest BCUT2D eigenvalue weighted by molar-refractivity contribution is 0.0770. The van der Waals surface area contributed by atoms with E-state index < -0.39 is 0 Å². The van der Waals surface area contributed by atoms with Crippen molar-refractivity contribution in [2.75, 3.05) is 25.5 Å². The van der Waals surface area contributed by atoms with Crippen molar-refractivity contribution in [1.82, 2.24) is 10.3 Å². The van der Waals surface area contributed by atoms with Crippen LogP contribution in [0.4, 0.5) is 5.69 Å². The first kappa shape index (κ1) is 10.1. The number of morpholine rings is 1. The van der Waals surface area contributed by atoms with E-state index in [1.54, 1.807) is 6.20 Å². The van der Waals surface area contributed by atoms with Gasteiger partial charge in [-0.2, -0.15) is 0 Å². The second kappa shape index (κ2) is 4.41. The van der Waals surface area contributed by atoms with Crippen LogP contribution in [0.5, 0.6) is 0 Å². The number of ether oxygens (including phenoxy) is 1. The fraction of sp³-hybridized carbons (Fsp3) is 0.444. The van der Waals surface area contributed by atoms with Gasteiger partial charge >= 0.3 is 0 Å². The van der Waals surface area contributed by atoms with E-state index in [9.17, 15) is 0 Å². The van der Waals surface area contributed by atoms with Crippen molar-refractivity contribution in [2.45, 2.75) is 6.04 Å². The number of nitrogen functional groups attached to an aromatic ring is 1. The monoisotopic (exact) mass is 305 g/mol. The predicted octanol–water partition coefficient (Wildman–Crippen LogP) is 0.929. The van der Waals surface area contributed by atoms with Gasteiger partial charge in [0.2, 0.25) is 0 Å². The van der Waals surface area contributed by atoms with Gasteiger partial charge in [0.15, 0.2) is 0 Å². The molecule has 2 rings (SSSR count). The summed E-state index contributed by atoms with van der Waals surface area (Å²) in [5, 5.41) is 3.36. The number of hydrogen-bond acceptors (Lipinski definition) is 4. The highest BCUT2D eigenvalue weighted by Gasteiger charge is 2.18. The first-order valence-electron chi connectivity index (χ1n) is 4.49. The summed E-state index contributed by atoms with van der Waals surface area (Å²) in [5.41, 5.74) is 7.82. The second-order valence-electron chi connectivity index (χ2n) is 3.21. The average molecular weight is 305 g/mol. The zero-order valence-corrected chi connectivity index (χ0v) is 9.82. The van der Waals surface area contributed by atoms with Gasteiger partial charge in [-0.3, -0.25) is 4.98 Å². The maximum Gasteiger partial charge on any atom is 0.0663 e. The molecule has 1 saturated heterocycles. The molecule has 4 nitrogen and oxygen atoms in total. The number of nitrogens with zero attached hydrogens (tertiary/aromatic N) is 1. The summed E-state index contributed by atoms with van der Waals surface area (Å²) in [7, 11) is 0. The molecule has 1 fully saturated rings. The van der Waals surface area contributed by atoms with Crippen LogP contribution >= 0.6 is 22.6 Å². The Morgan fingerprint density at radius 2 is 2.43 bits per heavy atom. The molecule has 0 aromatic carbocycles. The summed E-state index contributed by atoms with van der Waals surface area (Å²) in [6, 6.07) is 0.186. The Morgan fingerprint density at radius 1 is 1.57 bits per heavy atom. The Morgan fingerprint density at radius 3 is 3.14 bits per heavy atom. The highest BCUT2D eigenvalue weighted by molar-refractivity contribution is 14.1. The SMILES string of the molecule is Nc1c(I)cncc1[C@H]1COCCN1. The Balaban J connectivity index is 2.26. The summed E-state index contributed by atoms with van der Waals surface area (Å²) in [6.45, 7) is 2.31. The van der Waals surface area contributed by atoms with Gasteiger partial charge in [0.1, 0.15) is 0 Å². The Kier molecular flexibility index (Phi) is 3.19. The molecule has 0 unspecified atom stereocenters. The van der Waals surface area contributed by atoms with Crippen molar-refractivity contribution in [3.05, 3.63) is 21.5 Å². The number of hydrogen-bond donors (Lipinski definition) is 2. The highest BCUT2D eigenvalue weighted by Crippen LogP contribution is 2.25. The summed E-state index contributed by atoms with van der Waals surface area (Å²) < 4.78 is 6.38. The molecule has 0 saturated carbocycles. The highest BCUT2D eigenvalue weighted by atomic mass is 127. The second-order valence-corrected chi connectivity index (χ2v) is 4.37. The molecule has 0 aliphatic carbocycles. The average Bonchev–Trinajstić information content (AvgIpc) is 2.23. The van der Waals surface area contributed by atoms with Crippen LogP contribution in [-0.2, 0) is 4.74 Å². The largest absolute Gasteiger partial charge is 0.398 e. The van der Waals surface area contributed by atoms with Gasteiger partial charge in [-0.15, -0.1) is 0 Å². The molecule has 5 heteroatoms. The molecule has 1 atom stereocenters. The summed E-state index contributed by atoms with van der Waals surface area (Å²) >= 11 is 2.19. The molecule has 0 amide bonds. The van der Waals surface area contributed by atoms with E-state index in [1.807, 2.05) is 6.20 Å². The lowest BCUT2D eigenvalue weighted by atomic mass is 10.1. The van der Waals surface area contributed by atoms with E-state index >= 15 is 0 Å². The molecule has 1 aromatic rings. The summed E-state index contributed by atoms with van der Waals surface area (Å²) in [5.74, 6) is 0. The summed E-state index contributed by atoms with van der Waals surface area (Å²) in [6.07, 6.45) is 3.58. The van der Waals surface area contributed by atoms with E-state index in [2.05, 4.69) is 32.9 Å². The number of pyridine rings is 1. The van der Waals surface area contributed by atoms with Gasteiger partial charge in [0.05, 0.1) is 28.5 Å². The summed E-state index contributed by atoms with van der Waals surface area (Å²) in [4.78, 5) is 4.14. The van der Waals surface area contributed by atoms with Crippen LogP contribution in [0.25, 0.3) is 0 Å². The fourth-order valence-corrected chi connectivity index (χ4v) is 1.98. The maximum absolute atomic E-state index is 5.97. The minimum absolute atomic E-state index is 0.186. The quantitative estimate of drug-likeness (QED) is 0.758. The third-order valence-corrected chi connectivity index (χ3v) is 3.13. The van der Waals surface area contributed by atoms with Crippen molar-refractivity contribution in [2.24, 2.45) is 0 Å². The van der Waals surface area contributed by atoms with Crippen molar-refractivity contribution in [1.29, 1.82) is 0 Å². The third-order valence-electron chi connectivity index (χ3n) is 2.27. The molecule has 0 radical (unpaired) electrons. The number of anilines is 1. The molecule has 3 N–H and O–H groups in total. The molecular formula is C9H12IN3O. The van der Waals surface area contributed by atoms with Crippen LogP contribution < -0.4 is 11.1 Å². The number of halogens is 1. The first-order valence-corrected chi connectivity index (χ1v) is 5.57. The zero-order valence-electron chi connectivity index (χ0n) is 7.66. The number of rotatable bonds is 1. The number of nitrogens with one attached hydrogen (secondary N) is 1. The third kappa shape index (κ3) is 1.99. The predicted molar refractivity (Wildman–Crippen MR) is 62.9 cm³/mol. The van der Waals surface area contributed by atoms with Crippen LogP contribution in [-0.4, -0.2) is 24.7 Å². The van der Waals surface area contributed by atoms with E-state index in [0.717, 1.165) is 28.0 Å². The molecule has 0 bridgehead atoms. The minimum atomic E-state index is 0.186. The Labute approximate surface area is 96.4 Å². The van der Waals surface area contributed by atoms with Gasteiger partial charge in [-0.05, 0) is 22.6 Å². The van der Waals surface area contributed by atoms with Gasteiger partial charge < -0.3 is 15.8 Å². The molecule has 14 heavy (non-hydrogen) atoms. The number of nitrogens with two attached hydrogens (primary N) is 1. The van der Waals surface area contributed by atoms with Gasteiger partial charge in [-0.25, -0.2) is 0 Å². The normalized spacial score (nSPS) is 22.2. The molecule has 1 aliphatic rings. The fourth-order valence-electron chi connectivity index (χ4n) is 1.50. The van der Waals surface area contributed by atoms with Crippen molar-refractivity contribution >= 4 is 28.3 Å². The van der Waals surface area contributed by atoms with E-state index in [-0.39, 0.29) is 6.04 Å². The van der Waals surface area contributed by atoms with Crippen LogP contribution in [0.3, 0.4) is 0 Å². The first-order chi connectivity index (χ1) is 6.79.